The van der Waals surface area contributed by atoms with Crippen LogP contribution in [0.1, 0.15) is 19.8 Å². The van der Waals surface area contributed by atoms with E-state index < -0.39 is 11.9 Å². The van der Waals surface area contributed by atoms with Crippen molar-refractivity contribution >= 4 is 11.9 Å². The Labute approximate surface area is 83.8 Å². The van der Waals surface area contributed by atoms with Crippen molar-refractivity contribution in [1.29, 1.82) is 0 Å². The number of unbranched alkanes of at least 4 members (excludes halogenated alkanes) is 1. The van der Waals surface area contributed by atoms with Gasteiger partial charge < -0.3 is 14.8 Å². The van der Waals surface area contributed by atoms with Gasteiger partial charge in [-0.1, -0.05) is 0 Å². The first kappa shape index (κ1) is 12.9. The summed E-state index contributed by atoms with van der Waals surface area (Å²) in [6, 6.07) is 0. The summed E-state index contributed by atoms with van der Waals surface area (Å²) >= 11 is 0. The predicted octanol–water partition coefficient (Wildman–Crippen LogP) is 0.0923. The van der Waals surface area contributed by atoms with Gasteiger partial charge in [0.1, 0.15) is 0 Å². The maximum atomic E-state index is 10.9. The number of nitrogens with one attached hydrogen (secondary N) is 1. The second-order valence-corrected chi connectivity index (χ2v) is 2.68. The number of methoxy groups -OCH3 is 1. The molecular formula is C9H17NO4. The van der Waals surface area contributed by atoms with Gasteiger partial charge in [0.15, 0.2) is 0 Å². The minimum Gasteiger partial charge on any atom is -0.459 e. The normalized spacial score (nSPS) is 9.57. The van der Waals surface area contributed by atoms with Gasteiger partial charge in [-0.25, -0.2) is 4.79 Å². The summed E-state index contributed by atoms with van der Waals surface area (Å²) in [6.45, 7) is 3.01. The highest BCUT2D eigenvalue weighted by Gasteiger charge is 2.12. The third kappa shape index (κ3) is 6.42. The van der Waals surface area contributed by atoms with E-state index in [4.69, 9.17) is 4.74 Å². The van der Waals surface area contributed by atoms with Gasteiger partial charge in [-0.3, -0.25) is 4.79 Å². The third-order valence-corrected chi connectivity index (χ3v) is 1.52. The van der Waals surface area contributed by atoms with Crippen LogP contribution in [-0.2, 0) is 19.1 Å². The van der Waals surface area contributed by atoms with Gasteiger partial charge in [0.05, 0.1) is 6.61 Å². The Morgan fingerprint density at radius 2 is 2.00 bits per heavy atom. The summed E-state index contributed by atoms with van der Waals surface area (Å²) in [5.74, 6) is -1.50. The van der Waals surface area contributed by atoms with Crippen LogP contribution < -0.4 is 5.32 Å². The molecule has 5 heteroatoms. The van der Waals surface area contributed by atoms with Crippen LogP contribution in [-0.4, -0.2) is 38.7 Å². The zero-order valence-corrected chi connectivity index (χ0v) is 8.67. The first-order valence-electron chi connectivity index (χ1n) is 4.66. The number of amides is 1. The lowest BCUT2D eigenvalue weighted by atomic mass is 10.3. The smallest absolute Gasteiger partial charge is 0.396 e. The van der Waals surface area contributed by atoms with Gasteiger partial charge in [-0.15, -0.1) is 0 Å². The maximum absolute atomic E-state index is 10.9. The minimum atomic E-state index is -0.820. The van der Waals surface area contributed by atoms with Gasteiger partial charge in [-0.05, 0) is 19.8 Å². The summed E-state index contributed by atoms with van der Waals surface area (Å²) in [5, 5.41) is 2.46. The maximum Gasteiger partial charge on any atom is 0.396 e. The van der Waals surface area contributed by atoms with E-state index in [0.29, 0.717) is 13.2 Å². The van der Waals surface area contributed by atoms with E-state index in [-0.39, 0.29) is 6.61 Å². The lowest BCUT2D eigenvalue weighted by Crippen LogP contribution is -2.33. The molecule has 1 N–H and O–H groups in total. The van der Waals surface area contributed by atoms with Gasteiger partial charge in [0.25, 0.3) is 0 Å². The Balaban J connectivity index is 3.39. The molecule has 0 radical (unpaired) electrons. The first-order valence-corrected chi connectivity index (χ1v) is 4.66. The molecule has 0 atom stereocenters. The average molecular weight is 203 g/mol. The van der Waals surface area contributed by atoms with Crippen LogP contribution in [0.2, 0.25) is 0 Å². The molecule has 5 nitrogen and oxygen atoms in total. The van der Waals surface area contributed by atoms with Crippen LogP contribution in [0.5, 0.6) is 0 Å². The molecule has 1 amide bonds. The number of esters is 1. The van der Waals surface area contributed by atoms with Gasteiger partial charge in [0.2, 0.25) is 0 Å². The number of hydrogen-bond acceptors (Lipinski definition) is 4. The molecule has 0 aromatic rings. The van der Waals surface area contributed by atoms with E-state index in [1.807, 2.05) is 0 Å². The highest BCUT2D eigenvalue weighted by molar-refractivity contribution is 6.32. The number of carbonyl (C=O) groups is 2. The van der Waals surface area contributed by atoms with Crippen molar-refractivity contribution in [1.82, 2.24) is 5.32 Å². The molecule has 0 rings (SSSR count). The Morgan fingerprint density at radius 1 is 1.29 bits per heavy atom. The van der Waals surface area contributed by atoms with E-state index in [1.54, 1.807) is 14.0 Å². The second-order valence-electron chi connectivity index (χ2n) is 2.68. The van der Waals surface area contributed by atoms with E-state index in [1.165, 1.54) is 0 Å². The number of carbonyl (C=O) groups excluding carboxylic acids is 2. The summed E-state index contributed by atoms with van der Waals surface area (Å²) < 4.78 is 9.34. The second kappa shape index (κ2) is 8.50. The molecule has 0 aromatic carbocycles. The molecule has 0 aliphatic rings. The van der Waals surface area contributed by atoms with Crippen molar-refractivity contribution in [2.75, 3.05) is 26.9 Å². The van der Waals surface area contributed by atoms with E-state index in [0.717, 1.165) is 12.8 Å². The van der Waals surface area contributed by atoms with Gasteiger partial charge >= 0.3 is 11.9 Å². The molecule has 14 heavy (non-hydrogen) atoms. The van der Waals surface area contributed by atoms with E-state index in [9.17, 15) is 9.59 Å². The minimum absolute atomic E-state index is 0.218. The molecule has 0 aliphatic heterocycles. The zero-order valence-electron chi connectivity index (χ0n) is 8.67. The van der Waals surface area contributed by atoms with Gasteiger partial charge in [0, 0.05) is 20.3 Å². The van der Waals surface area contributed by atoms with Crippen molar-refractivity contribution in [2.45, 2.75) is 19.8 Å². The highest BCUT2D eigenvalue weighted by Crippen LogP contribution is 1.87. The van der Waals surface area contributed by atoms with Crippen LogP contribution in [0.15, 0.2) is 0 Å². The third-order valence-electron chi connectivity index (χ3n) is 1.52. The molecule has 0 aliphatic carbocycles. The SMILES string of the molecule is CCOC(=O)C(=O)NCCCCOC. The average Bonchev–Trinajstić information content (AvgIpc) is 2.17. The summed E-state index contributed by atoms with van der Waals surface area (Å²) in [6.07, 6.45) is 1.65. The molecule has 0 bridgehead atoms. The lowest BCUT2D eigenvalue weighted by molar-refractivity contribution is -0.154. The standard InChI is InChI=1S/C9H17NO4/c1-3-14-9(12)8(11)10-6-4-5-7-13-2/h3-7H2,1-2H3,(H,10,11). The van der Waals surface area contributed by atoms with Crippen molar-refractivity contribution < 1.29 is 19.1 Å². The predicted molar refractivity (Wildman–Crippen MR) is 50.8 cm³/mol. The van der Waals surface area contributed by atoms with Crippen LogP contribution >= 0.6 is 0 Å². The zero-order chi connectivity index (χ0) is 10.8. The largest absolute Gasteiger partial charge is 0.459 e. The van der Waals surface area contributed by atoms with Crippen LogP contribution in [0.4, 0.5) is 0 Å². The highest BCUT2D eigenvalue weighted by atomic mass is 16.5. The van der Waals surface area contributed by atoms with Crippen molar-refractivity contribution in [3.63, 3.8) is 0 Å². The summed E-state index contributed by atoms with van der Waals surface area (Å²) in [7, 11) is 1.62. The van der Waals surface area contributed by atoms with Crippen LogP contribution in [0, 0.1) is 0 Å². The Bertz CT molecular complexity index is 182. The number of rotatable bonds is 6. The monoisotopic (exact) mass is 203 g/mol. The number of hydrogen-bond donors (Lipinski definition) is 1. The molecule has 82 valence electrons. The molecular weight excluding hydrogens is 186 g/mol. The molecule has 0 fully saturated rings. The summed E-state index contributed by atoms with van der Waals surface area (Å²) in [4.78, 5) is 21.8. The molecule has 0 saturated carbocycles. The van der Waals surface area contributed by atoms with Crippen LogP contribution in [0.25, 0.3) is 0 Å². The fourth-order valence-electron chi connectivity index (χ4n) is 0.842. The lowest BCUT2D eigenvalue weighted by Gasteiger charge is -2.03. The van der Waals surface area contributed by atoms with E-state index in [2.05, 4.69) is 10.1 Å². The van der Waals surface area contributed by atoms with Crippen LogP contribution in [0.3, 0.4) is 0 Å². The quantitative estimate of drug-likeness (QED) is 0.377. The van der Waals surface area contributed by atoms with Crippen molar-refractivity contribution in [3.8, 4) is 0 Å². The molecule has 0 unspecified atom stereocenters. The first-order chi connectivity index (χ1) is 6.72. The molecule has 0 saturated heterocycles. The summed E-state index contributed by atoms with van der Waals surface area (Å²) in [5.41, 5.74) is 0. The Kier molecular flexibility index (Phi) is 7.83. The topological polar surface area (TPSA) is 64.6 Å². The molecule has 0 spiro atoms. The fraction of sp³-hybridized carbons (Fsp3) is 0.778. The fourth-order valence-corrected chi connectivity index (χ4v) is 0.842. The van der Waals surface area contributed by atoms with Gasteiger partial charge in [-0.2, -0.15) is 0 Å². The van der Waals surface area contributed by atoms with E-state index >= 15 is 0 Å². The molecule has 0 heterocycles. The number of ether oxygens (including phenoxy) is 2. The van der Waals surface area contributed by atoms with Crippen molar-refractivity contribution in [2.24, 2.45) is 0 Å². The Hall–Kier alpha value is -1.10. The Morgan fingerprint density at radius 3 is 2.57 bits per heavy atom. The van der Waals surface area contributed by atoms with Crippen molar-refractivity contribution in [3.05, 3.63) is 0 Å². The molecule has 0 aromatic heterocycles.